The Labute approximate surface area is 101 Å². The Balaban J connectivity index is 2.66. The summed E-state index contributed by atoms with van der Waals surface area (Å²) in [4.78, 5) is 3.85. The van der Waals surface area contributed by atoms with Gasteiger partial charge in [0.05, 0.1) is 0 Å². The summed E-state index contributed by atoms with van der Waals surface area (Å²) in [7, 11) is -1.94. The second-order valence-corrected chi connectivity index (χ2v) is 5.60. The van der Waals surface area contributed by atoms with Gasteiger partial charge in [-0.25, -0.2) is 18.1 Å². The molecule has 1 rings (SSSR count). The minimum absolute atomic E-state index is 0.108. The predicted octanol–water partition coefficient (Wildman–Crippen LogP) is 0.225. The lowest BCUT2D eigenvalue weighted by molar-refractivity contribution is 0.161. The highest BCUT2D eigenvalue weighted by Gasteiger charge is 2.15. The van der Waals surface area contributed by atoms with Gasteiger partial charge in [0.1, 0.15) is 10.7 Å². The lowest BCUT2D eigenvalue weighted by Crippen LogP contribution is -2.30. The number of ether oxygens (including phenoxy) is 1. The highest BCUT2D eigenvalue weighted by Crippen LogP contribution is 2.08. The van der Waals surface area contributed by atoms with E-state index in [1.54, 1.807) is 7.11 Å². The number of anilines is 1. The zero-order valence-electron chi connectivity index (χ0n) is 9.88. The van der Waals surface area contributed by atoms with Gasteiger partial charge in [0.15, 0.2) is 0 Å². The van der Waals surface area contributed by atoms with E-state index in [1.807, 2.05) is 6.92 Å². The van der Waals surface area contributed by atoms with Crippen LogP contribution >= 0.6 is 0 Å². The molecule has 1 aromatic heterocycles. The van der Waals surface area contributed by atoms with Crippen molar-refractivity contribution in [1.82, 2.24) is 9.71 Å². The number of sulfonamides is 1. The van der Waals surface area contributed by atoms with E-state index < -0.39 is 10.0 Å². The van der Waals surface area contributed by atoms with Crippen molar-refractivity contribution in [3.63, 3.8) is 0 Å². The molecule has 3 N–H and O–H groups in total. The molecule has 1 aromatic rings. The molecule has 17 heavy (non-hydrogen) atoms. The quantitative estimate of drug-likeness (QED) is 0.762. The van der Waals surface area contributed by atoms with Gasteiger partial charge in [0.2, 0.25) is 10.0 Å². The Morgan fingerprint density at radius 1 is 1.53 bits per heavy atom. The van der Waals surface area contributed by atoms with E-state index in [0.717, 1.165) is 0 Å². The van der Waals surface area contributed by atoms with Crippen LogP contribution in [0.15, 0.2) is 23.2 Å². The van der Waals surface area contributed by atoms with Crippen molar-refractivity contribution >= 4 is 15.8 Å². The van der Waals surface area contributed by atoms with Crippen LogP contribution in [0.3, 0.4) is 0 Å². The van der Waals surface area contributed by atoms with E-state index in [-0.39, 0.29) is 16.6 Å². The van der Waals surface area contributed by atoms with Gasteiger partial charge in [-0.1, -0.05) is 6.92 Å². The molecular weight excluding hydrogens is 242 g/mol. The molecule has 0 aliphatic rings. The van der Waals surface area contributed by atoms with E-state index >= 15 is 0 Å². The van der Waals surface area contributed by atoms with E-state index in [1.165, 1.54) is 18.3 Å². The van der Waals surface area contributed by atoms with Gasteiger partial charge >= 0.3 is 0 Å². The molecule has 0 saturated carbocycles. The first kappa shape index (κ1) is 13.9. The number of nitrogens with one attached hydrogen (secondary N) is 1. The number of methoxy groups -OCH3 is 1. The van der Waals surface area contributed by atoms with Crippen LogP contribution in [0.2, 0.25) is 0 Å². The average molecular weight is 259 g/mol. The monoisotopic (exact) mass is 259 g/mol. The van der Waals surface area contributed by atoms with Crippen LogP contribution in [-0.4, -0.2) is 33.7 Å². The maximum atomic E-state index is 11.8. The second kappa shape index (κ2) is 5.95. The van der Waals surface area contributed by atoms with Crippen molar-refractivity contribution < 1.29 is 13.2 Å². The summed E-state index contributed by atoms with van der Waals surface area (Å²) < 4.78 is 31.1. The number of rotatable bonds is 6. The van der Waals surface area contributed by atoms with Crippen LogP contribution in [0.1, 0.15) is 6.92 Å². The fourth-order valence-electron chi connectivity index (χ4n) is 1.23. The van der Waals surface area contributed by atoms with Crippen molar-refractivity contribution in [3.05, 3.63) is 18.3 Å². The largest absolute Gasteiger partial charge is 0.384 e. The first-order valence-electron chi connectivity index (χ1n) is 5.16. The third kappa shape index (κ3) is 4.29. The Bertz CT molecular complexity index is 444. The Morgan fingerprint density at radius 3 is 2.76 bits per heavy atom. The summed E-state index contributed by atoms with van der Waals surface area (Å²) >= 11 is 0. The van der Waals surface area contributed by atoms with Crippen LogP contribution in [0.5, 0.6) is 0 Å². The maximum absolute atomic E-state index is 11.8. The summed E-state index contributed by atoms with van der Waals surface area (Å²) in [5, 5.41) is 0. The Morgan fingerprint density at radius 2 is 2.24 bits per heavy atom. The van der Waals surface area contributed by atoms with Gasteiger partial charge in [-0.05, 0) is 18.1 Å². The lowest BCUT2D eigenvalue weighted by atomic mass is 10.2. The highest BCUT2D eigenvalue weighted by molar-refractivity contribution is 7.89. The molecule has 96 valence electrons. The Hall–Kier alpha value is -1.18. The standard InChI is InChI=1S/C10H17N3O3S/c1-8(7-16-2)5-13-17(14,15)9-3-4-10(11)12-6-9/h3-4,6,8,13H,5,7H2,1-2H3,(H2,11,12). The minimum atomic E-state index is -3.51. The summed E-state index contributed by atoms with van der Waals surface area (Å²) in [5.74, 6) is 0.396. The molecule has 0 saturated heterocycles. The van der Waals surface area contributed by atoms with Crippen molar-refractivity contribution in [2.45, 2.75) is 11.8 Å². The van der Waals surface area contributed by atoms with Crippen LogP contribution in [0, 0.1) is 5.92 Å². The molecule has 0 bridgehead atoms. The molecule has 1 heterocycles. The summed E-state index contributed by atoms with van der Waals surface area (Å²) in [6.07, 6.45) is 1.23. The molecule has 1 unspecified atom stereocenters. The second-order valence-electron chi connectivity index (χ2n) is 3.83. The van der Waals surface area contributed by atoms with Crippen molar-refractivity contribution in [2.75, 3.05) is 26.0 Å². The fourth-order valence-corrected chi connectivity index (χ4v) is 2.34. The van der Waals surface area contributed by atoms with Gasteiger partial charge in [-0.3, -0.25) is 0 Å². The fraction of sp³-hybridized carbons (Fsp3) is 0.500. The number of nitrogens with two attached hydrogens (primary N) is 1. The molecule has 0 amide bonds. The third-order valence-electron chi connectivity index (χ3n) is 2.14. The molecule has 7 heteroatoms. The maximum Gasteiger partial charge on any atom is 0.242 e. The molecule has 0 radical (unpaired) electrons. The number of hydrogen-bond donors (Lipinski definition) is 2. The SMILES string of the molecule is COCC(C)CNS(=O)(=O)c1ccc(N)nc1. The number of hydrogen-bond acceptors (Lipinski definition) is 5. The zero-order valence-corrected chi connectivity index (χ0v) is 10.7. The van der Waals surface area contributed by atoms with Crippen LogP contribution < -0.4 is 10.5 Å². The van der Waals surface area contributed by atoms with E-state index in [9.17, 15) is 8.42 Å². The zero-order chi connectivity index (χ0) is 12.9. The smallest absolute Gasteiger partial charge is 0.242 e. The summed E-state index contributed by atoms with van der Waals surface area (Å²) in [6, 6.07) is 2.87. The summed E-state index contributed by atoms with van der Waals surface area (Å²) in [5.41, 5.74) is 5.39. The first-order valence-corrected chi connectivity index (χ1v) is 6.64. The molecular formula is C10H17N3O3S. The third-order valence-corrected chi connectivity index (χ3v) is 3.55. The van der Waals surface area contributed by atoms with E-state index in [4.69, 9.17) is 10.5 Å². The topological polar surface area (TPSA) is 94.3 Å². The lowest BCUT2D eigenvalue weighted by Gasteiger charge is -2.11. The van der Waals surface area contributed by atoms with Crippen molar-refractivity contribution in [3.8, 4) is 0 Å². The Kier molecular flexibility index (Phi) is 4.86. The minimum Gasteiger partial charge on any atom is -0.384 e. The first-order chi connectivity index (χ1) is 7.95. The van der Waals surface area contributed by atoms with E-state index in [0.29, 0.717) is 13.2 Å². The molecule has 0 fully saturated rings. The van der Waals surface area contributed by atoms with E-state index in [2.05, 4.69) is 9.71 Å². The molecule has 0 aliphatic heterocycles. The number of aromatic nitrogens is 1. The van der Waals surface area contributed by atoms with Gasteiger partial charge in [-0.15, -0.1) is 0 Å². The number of nitrogen functional groups attached to an aromatic ring is 1. The van der Waals surface area contributed by atoms with Gasteiger partial charge in [0.25, 0.3) is 0 Å². The molecule has 1 atom stereocenters. The van der Waals surface area contributed by atoms with Gasteiger partial charge in [-0.2, -0.15) is 0 Å². The van der Waals surface area contributed by atoms with Crippen LogP contribution in [-0.2, 0) is 14.8 Å². The van der Waals surface area contributed by atoms with Crippen LogP contribution in [0.25, 0.3) is 0 Å². The van der Waals surface area contributed by atoms with Crippen molar-refractivity contribution in [1.29, 1.82) is 0 Å². The average Bonchev–Trinajstić information content (AvgIpc) is 2.28. The predicted molar refractivity (Wildman–Crippen MR) is 64.9 cm³/mol. The van der Waals surface area contributed by atoms with Gasteiger partial charge in [0, 0.05) is 26.5 Å². The van der Waals surface area contributed by atoms with Gasteiger partial charge < -0.3 is 10.5 Å². The number of pyridine rings is 1. The molecule has 0 aliphatic carbocycles. The van der Waals surface area contributed by atoms with Crippen molar-refractivity contribution in [2.24, 2.45) is 5.92 Å². The molecule has 6 nitrogen and oxygen atoms in total. The van der Waals surface area contributed by atoms with Crippen LogP contribution in [0.4, 0.5) is 5.82 Å². The summed E-state index contributed by atoms with van der Waals surface area (Å²) in [6.45, 7) is 2.72. The molecule has 0 spiro atoms. The normalized spacial score (nSPS) is 13.5. The highest BCUT2D eigenvalue weighted by atomic mass is 32.2. The number of nitrogens with zero attached hydrogens (tertiary/aromatic N) is 1. The molecule has 0 aromatic carbocycles.